The molecule has 0 radical (unpaired) electrons. The van der Waals surface area contributed by atoms with Crippen LogP contribution >= 0.6 is 0 Å². The average Bonchev–Trinajstić information content (AvgIpc) is 3.03. The molecule has 4 aromatic carbocycles. The molecule has 0 fully saturated rings. The van der Waals surface area contributed by atoms with Gasteiger partial charge in [-0.05, 0) is 56.2 Å². The first-order valence-corrected chi connectivity index (χ1v) is 16.0. The molecule has 0 unspecified atom stereocenters. The van der Waals surface area contributed by atoms with Crippen LogP contribution in [0.4, 0.5) is 5.69 Å². The Morgan fingerprint density at radius 1 is 0.795 bits per heavy atom. The molecule has 9 heteroatoms. The lowest BCUT2D eigenvalue weighted by Gasteiger charge is -2.34. The number of carbonyl (C=O) groups is 2. The summed E-state index contributed by atoms with van der Waals surface area (Å²) in [5, 5.41) is 2.88. The maximum atomic E-state index is 14.5. The van der Waals surface area contributed by atoms with E-state index in [1.165, 1.54) is 24.1 Å². The monoisotopic (exact) mass is 613 g/mol. The van der Waals surface area contributed by atoms with Gasteiger partial charge in [-0.15, -0.1) is 0 Å². The van der Waals surface area contributed by atoms with Gasteiger partial charge in [-0.1, -0.05) is 90.0 Å². The van der Waals surface area contributed by atoms with Crippen molar-refractivity contribution in [2.45, 2.75) is 44.7 Å². The summed E-state index contributed by atoms with van der Waals surface area (Å²) >= 11 is 0. The molecule has 0 spiro atoms. The predicted molar refractivity (Wildman–Crippen MR) is 173 cm³/mol. The highest BCUT2D eigenvalue weighted by Gasteiger charge is 2.35. The average molecular weight is 614 g/mol. The largest absolute Gasteiger partial charge is 0.495 e. The standard InChI is InChI=1S/C35H39N3O5S/c1-5-36-35(40)32(23-28-11-7-6-8-12-28)37(24-29-19-15-26(2)16-20-29)34(39)25-38(31-13-9-10-14-33(31)43-4)44(41,42)30-21-17-27(3)18-22-30/h6-22,32H,5,23-25H2,1-4H3,(H,36,40)/t32-/m1/s1. The Balaban J connectivity index is 1.82. The number of nitrogens with one attached hydrogen (secondary N) is 1. The summed E-state index contributed by atoms with van der Waals surface area (Å²) in [4.78, 5) is 29.6. The van der Waals surface area contributed by atoms with Gasteiger partial charge in [-0.2, -0.15) is 0 Å². The van der Waals surface area contributed by atoms with Gasteiger partial charge in [-0.3, -0.25) is 13.9 Å². The molecular formula is C35H39N3O5S. The van der Waals surface area contributed by atoms with Crippen molar-refractivity contribution < 1.29 is 22.7 Å². The summed E-state index contributed by atoms with van der Waals surface area (Å²) in [6, 6.07) is 29.4. The number of benzene rings is 4. The normalized spacial score (nSPS) is 11.8. The van der Waals surface area contributed by atoms with Crippen molar-refractivity contribution in [1.82, 2.24) is 10.2 Å². The van der Waals surface area contributed by atoms with Gasteiger partial charge in [0.1, 0.15) is 18.3 Å². The van der Waals surface area contributed by atoms with Crippen molar-refractivity contribution in [2.24, 2.45) is 0 Å². The minimum absolute atomic E-state index is 0.0384. The molecule has 0 heterocycles. The number of sulfonamides is 1. The smallest absolute Gasteiger partial charge is 0.264 e. The minimum atomic E-state index is -4.22. The maximum absolute atomic E-state index is 14.5. The lowest BCUT2D eigenvalue weighted by molar-refractivity contribution is -0.140. The van der Waals surface area contributed by atoms with Crippen LogP contribution in [0.25, 0.3) is 0 Å². The second-order valence-corrected chi connectivity index (χ2v) is 12.5. The third-order valence-electron chi connectivity index (χ3n) is 7.34. The van der Waals surface area contributed by atoms with E-state index < -0.39 is 28.5 Å². The molecule has 0 aliphatic carbocycles. The molecule has 230 valence electrons. The van der Waals surface area contributed by atoms with Crippen molar-refractivity contribution in [1.29, 1.82) is 0 Å². The topological polar surface area (TPSA) is 96.0 Å². The Labute approximate surface area is 260 Å². The molecule has 0 saturated carbocycles. The Hall–Kier alpha value is -4.63. The SMILES string of the molecule is CCNC(=O)[C@@H](Cc1ccccc1)N(Cc1ccc(C)cc1)C(=O)CN(c1ccccc1OC)S(=O)(=O)c1ccc(C)cc1. The van der Waals surface area contributed by atoms with E-state index in [0.717, 1.165) is 26.6 Å². The van der Waals surface area contributed by atoms with Gasteiger partial charge in [0, 0.05) is 19.5 Å². The lowest BCUT2D eigenvalue weighted by atomic mass is 10.0. The summed E-state index contributed by atoms with van der Waals surface area (Å²) in [6.07, 6.45) is 0.254. The van der Waals surface area contributed by atoms with Crippen LogP contribution in [-0.2, 0) is 32.6 Å². The number of hydrogen-bond acceptors (Lipinski definition) is 5. The number of hydrogen-bond donors (Lipinski definition) is 1. The lowest BCUT2D eigenvalue weighted by Crippen LogP contribution is -2.53. The maximum Gasteiger partial charge on any atom is 0.264 e. The number of nitrogens with zero attached hydrogens (tertiary/aromatic N) is 2. The molecule has 0 aliphatic heterocycles. The molecule has 0 aromatic heterocycles. The van der Waals surface area contributed by atoms with Crippen LogP contribution in [0.5, 0.6) is 5.75 Å². The number of carbonyl (C=O) groups excluding carboxylic acids is 2. The summed E-state index contributed by atoms with van der Waals surface area (Å²) < 4.78 is 35.0. The quantitative estimate of drug-likeness (QED) is 0.221. The van der Waals surface area contributed by atoms with Crippen molar-refractivity contribution in [3.8, 4) is 5.75 Å². The Kier molecular flexibility index (Phi) is 10.8. The minimum Gasteiger partial charge on any atom is -0.495 e. The number of likely N-dealkylation sites (N-methyl/N-ethyl adjacent to an activating group) is 1. The fourth-order valence-corrected chi connectivity index (χ4v) is 6.35. The van der Waals surface area contributed by atoms with E-state index in [1.807, 2.05) is 75.4 Å². The van der Waals surface area contributed by atoms with Crippen LogP contribution < -0.4 is 14.4 Å². The molecule has 1 N–H and O–H groups in total. The van der Waals surface area contributed by atoms with Crippen molar-refractivity contribution in [3.63, 3.8) is 0 Å². The van der Waals surface area contributed by atoms with Crippen LogP contribution in [0.2, 0.25) is 0 Å². The van der Waals surface area contributed by atoms with Gasteiger partial charge in [0.05, 0.1) is 17.7 Å². The van der Waals surface area contributed by atoms with E-state index in [9.17, 15) is 18.0 Å². The first-order valence-electron chi connectivity index (χ1n) is 14.5. The highest BCUT2D eigenvalue weighted by Crippen LogP contribution is 2.32. The summed E-state index contributed by atoms with van der Waals surface area (Å²) in [5.41, 5.74) is 3.87. The molecule has 0 bridgehead atoms. The fraction of sp³-hybridized carbons (Fsp3) is 0.257. The zero-order chi connectivity index (χ0) is 31.7. The number of aryl methyl sites for hydroxylation is 2. The predicted octanol–water partition coefficient (Wildman–Crippen LogP) is 5.28. The first kappa shape index (κ1) is 32.3. The molecule has 0 aliphatic rings. The molecule has 0 saturated heterocycles. The highest BCUT2D eigenvalue weighted by atomic mass is 32.2. The summed E-state index contributed by atoms with van der Waals surface area (Å²) in [5.74, 6) is -0.549. The Morgan fingerprint density at radius 2 is 1.39 bits per heavy atom. The second kappa shape index (κ2) is 14.7. The van der Waals surface area contributed by atoms with Gasteiger partial charge in [0.2, 0.25) is 11.8 Å². The van der Waals surface area contributed by atoms with E-state index >= 15 is 0 Å². The number of para-hydroxylation sites is 2. The number of anilines is 1. The fourth-order valence-electron chi connectivity index (χ4n) is 4.92. The van der Waals surface area contributed by atoms with E-state index in [1.54, 1.807) is 36.4 Å². The molecule has 4 aromatic rings. The Morgan fingerprint density at radius 3 is 2.00 bits per heavy atom. The number of amides is 2. The van der Waals surface area contributed by atoms with Gasteiger partial charge in [-0.25, -0.2) is 8.42 Å². The van der Waals surface area contributed by atoms with Crippen LogP contribution in [0.15, 0.2) is 108 Å². The molecule has 44 heavy (non-hydrogen) atoms. The zero-order valence-electron chi connectivity index (χ0n) is 25.6. The van der Waals surface area contributed by atoms with E-state index in [-0.39, 0.29) is 29.5 Å². The van der Waals surface area contributed by atoms with Crippen LogP contribution in [0.1, 0.15) is 29.2 Å². The number of ether oxygens (including phenoxy) is 1. The van der Waals surface area contributed by atoms with Gasteiger partial charge in [0.25, 0.3) is 10.0 Å². The second-order valence-electron chi connectivity index (χ2n) is 10.6. The van der Waals surface area contributed by atoms with E-state index in [4.69, 9.17) is 4.74 Å². The molecular weight excluding hydrogens is 574 g/mol. The third kappa shape index (κ3) is 7.85. The molecule has 1 atom stereocenters. The summed E-state index contributed by atoms with van der Waals surface area (Å²) in [6.45, 7) is 5.61. The molecule has 4 rings (SSSR count). The number of methoxy groups -OCH3 is 1. The molecule has 2 amide bonds. The van der Waals surface area contributed by atoms with Gasteiger partial charge < -0.3 is 15.0 Å². The molecule has 8 nitrogen and oxygen atoms in total. The summed E-state index contributed by atoms with van der Waals surface area (Å²) in [7, 11) is -2.77. The highest BCUT2D eigenvalue weighted by molar-refractivity contribution is 7.92. The van der Waals surface area contributed by atoms with Gasteiger partial charge in [0.15, 0.2) is 0 Å². The third-order valence-corrected chi connectivity index (χ3v) is 9.11. The van der Waals surface area contributed by atoms with Crippen LogP contribution in [0, 0.1) is 13.8 Å². The van der Waals surface area contributed by atoms with Crippen molar-refractivity contribution in [3.05, 3.63) is 125 Å². The number of rotatable bonds is 13. The zero-order valence-corrected chi connectivity index (χ0v) is 26.4. The van der Waals surface area contributed by atoms with Crippen LogP contribution in [0.3, 0.4) is 0 Å². The van der Waals surface area contributed by atoms with E-state index in [2.05, 4.69) is 5.32 Å². The van der Waals surface area contributed by atoms with Crippen molar-refractivity contribution in [2.75, 3.05) is 24.5 Å². The van der Waals surface area contributed by atoms with E-state index in [0.29, 0.717) is 12.3 Å². The van der Waals surface area contributed by atoms with Crippen molar-refractivity contribution >= 4 is 27.5 Å². The van der Waals surface area contributed by atoms with Gasteiger partial charge >= 0.3 is 0 Å². The Bertz CT molecular complexity index is 1660. The van der Waals surface area contributed by atoms with Crippen LogP contribution in [-0.4, -0.2) is 51.4 Å². The first-order chi connectivity index (χ1) is 21.1.